The number of H-pyrrole nitrogens is 1. The Morgan fingerprint density at radius 1 is 1.11 bits per heavy atom. The van der Waals surface area contributed by atoms with Gasteiger partial charge in [-0.05, 0) is 31.0 Å². The van der Waals surface area contributed by atoms with Crippen LogP contribution >= 0.6 is 0 Å². The fourth-order valence-corrected chi connectivity index (χ4v) is 4.52. The summed E-state index contributed by atoms with van der Waals surface area (Å²) in [5.74, 6) is 1.69. The van der Waals surface area contributed by atoms with E-state index in [0.29, 0.717) is 25.3 Å². The van der Waals surface area contributed by atoms with Gasteiger partial charge in [0.1, 0.15) is 5.82 Å². The second-order valence-corrected chi connectivity index (χ2v) is 7.54. The zero-order valence-corrected chi connectivity index (χ0v) is 14.9. The predicted octanol–water partition coefficient (Wildman–Crippen LogP) is 2.07. The summed E-state index contributed by atoms with van der Waals surface area (Å²) >= 11 is 0. The van der Waals surface area contributed by atoms with E-state index in [-0.39, 0.29) is 0 Å². The minimum Gasteiger partial charge on any atom is -0.370 e. The second kappa shape index (κ2) is 5.90. The van der Waals surface area contributed by atoms with Gasteiger partial charge in [0, 0.05) is 41.8 Å². The Labute approximate surface area is 156 Å². The molecule has 2 unspecified atom stereocenters. The summed E-state index contributed by atoms with van der Waals surface area (Å²) in [5.41, 5.74) is 4.08. The molecular weight excluding hydrogens is 342 g/mol. The van der Waals surface area contributed by atoms with Crippen LogP contribution in [0.4, 0.5) is 17.5 Å². The molecule has 2 bridgehead atoms. The molecule has 27 heavy (non-hydrogen) atoms. The normalized spacial score (nSPS) is 23.8. The minimum atomic E-state index is 0.485. The van der Waals surface area contributed by atoms with Crippen LogP contribution in [0, 0.1) is 0 Å². The van der Waals surface area contributed by atoms with E-state index < -0.39 is 0 Å². The molecule has 0 radical (unpaired) electrons. The lowest BCUT2D eigenvalue weighted by Crippen LogP contribution is -2.52. The van der Waals surface area contributed by atoms with Gasteiger partial charge in [-0.15, -0.1) is 0 Å². The number of hydrogen-bond acceptors (Lipinski definition) is 7. The molecule has 2 saturated heterocycles. The highest BCUT2D eigenvalue weighted by molar-refractivity contribution is 5.83. The lowest BCUT2D eigenvalue weighted by molar-refractivity contribution is 0.133. The molecule has 8 heteroatoms. The maximum absolute atomic E-state index is 5.67. The van der Waals surface area contributed by atoms with E-state index in [0.717, 1.165) is 52.7 Å². The Kier molecular flexibility index (Phi) is 3.36. The number of ether oxygens (including phenoxy) is 1. The summed E-state index contributed by atoms with van der Waals surface area (Å²) in [6.45, 7) is 3.13. The number of hydrogen-bond donors (Lipinski definition) is 3. The van der Waals surface area contributed by atoms with Gasteiger partial charge in [0.2, 0.25) is 5.95 Å². The second-order valence-electron chi connectivity index (χ2n) is 7.54. The predicted molar refractivity (Wildman–Crippen MR) is 102 cm³/mol. The molecule has 3 aromatic rings. The topological polar surface area (TPSA) is 91.0 Å². The molecule has 2 atom stereocenters. The van der Waals surface area contributed by atoms with Crippen molar-refractivity contribution in [2.75, 3.05) is 23.3 Å². The van der Waals surface area contributed by atoms with Crippen LogP contribution in [0.5, 0.6) is 0 Å². The van der Waals surface area contributed by atoms with Crippen molar-refractivity contribution in [1.29, 1.82) is 0 Å². The molecule has 1 aromatic carbocycles. The van der Waals surface area contributed by atoms with Gasteiger partial charge in [-0.1, -0.05) is 0 Å². The first kappa shape index (κ1) is 15.4. The number of nitrogens with zero attached hydrogens (tertiary/aromatic N) is 4. The minimum absolute atomic E-state index is 0.485. The van der Waals surface area contributed by atoms with Crippen molar-refractivity contribution in [2.45, 2.75) is 38.1 Å². The van der Waals surface area contributed by atoms with Gasteiger partial charge in [0.25, 0.3) is 0 Å². The van der Waals surface area contributed by atoms with Gasteiger partial charge in [0.15, 0.2) is 0 Å². The van der Waals surface area contributed by atoms with Crippen molar-refractivity contribution in [3.05, 3.63) is 35.7 Å². The third kappa shape index (κ3) is 2.48. The Hall–Kier alpha value is -2.71. The van der Waals surface area contributed by atoms with E-state index in [1.54, 1.807) is 0 Å². The van der Waals surface area contributed by atoms with Crippen molar-refractivity contribution in [2.24, 2.45) is 0 Å². The van der Waals surface area contributed by atoms with Crippen LogP contribution in [0.3, 0.4) is 0 Å². The first-order valence-electron chi connectivity index (χ1n) is 9.52. The van der Waals surface area contributed by atoms with Gasteiger partial charge in [-0.3, -0.25) is 5.10 Å². The van der Waals surface area contributed by atoms with Crippen molar-refractivity contribution in [3.63, 3.8) is 0 Å². The molecule has 6 rings (SSSR count). The van der Waals surface area contributed by atoms with Crippen LogP contribution in [0.15, 0.2) is 24.4 Å². The van der Waals surface area contributed by atoms with Gasteiger partial charge in [-0.2, -0.15) is 10.1 Å². The lowest BCUT2D eigenvalue weighted by atomic mass is 10.2. The van der Waals surface area contributed by atoms with Crippen molar-refractivity contribution in [3.8, 4) is 0 Å². The fourth-order valence-electron chi connectivity index (χ4n) is 4.52. The number of aromatic nitrogens is 4. The number of rotatable bonds is 3. The third-order valence-electron chi connectivity index (χ3n) is 5.88. The monoisotopic (exact) mass is 363 g/mol. The highest BCUT2D eigenvalue weighted by atomic mass is 16.5. The number of piperazine rings is 1. The van der Waals surface area contributed by atoms with Crippen LogP contribution in [-0.2, 0) is 18.0 Å². The SMILES string of the molecule is c1cc2[nH]ncc2cc1Nc1nc(N2C3CCC2CNC3)nc2c1COC2. The first-order valence-corrected chi connectivity index (χ1v) is 9.52. The molecule has 2 fully saturated rings. The Morgan fingerprint density at radius 2 is 2.00 bits per heavy atom. The smallest absolute Gasteiger partial charge is 0.228 e. The highest BCUT2D eigenvalue weighted by Crippen LogP contribution is 2.35. The van der Waals surface area contributed by atoms with E-state index in [9.17, 15) is 0 Å². The molecule has 0 amide bonds. The summed E-state index contributed by atoms with van der Waals surface area (Å²) in [6.07, 6.45) is 4.24. The zero-order valence-electron chi connectivity index (χ0n) is 14.9. The van der Waals surface area contributed by atoms with Crippen molar-refractivity contribution < 1.29 is 4.74 Å². The molecule has 0 saturated carbocycles. The molecule has 138 valence electrons. The molecule has 8 nitrogen and oxygen atoms in total. The van der Waals surface area contributed by atoms with E-state index >= 15 is 0 Å². The van der Waals surface area contributed by atoms with Crippen molar-refractivity contribution >= 4 is 28.4 Å². The van der Waals surface area contributed by atoms with Crippen molar-refractivity contribution in [1.82, 2.24) is 25.5 Å². The van der Waals surface area contributed by atoms with Gasteiger partial charge in [-0.25, -0.2) is 4.98 Å². The van der Waals surface area contributed by atoms with Gasteiger partial charge in [0.05, 0.1) is 30.6 Å². The van der Waals surface area contributed by atoms with Crippen LogP contribution in [0.1, 0.15) is 24.1 Å². The van der Waals surface area contributed by atoms with Crippen LogP contribution in [0.25, 0.3) is 10.9 Å². The Morgan fingerprint density at radius 3 is 2.89 bits per heavy atom. The molecule has 2 aromatic heterocycles. The highest BCUT2D eigenvalue weighted by Gasteiger charge is 2.39. The quantitative estimate of drug-likeness (QED) is 0.656. The third-order valence-corrected chi connectivity index (χ3v) is 5.88. The van der Waals surface area contributed by atoms with Crippen LogP contribution in [-0.4, -0.2) is 45.3 Å². The fraction of sp³-hybridized carbons (Fsp3) is 0.421. The van der Waals surface area contributed by atoms with E-state index in [1.165, 1.54) is 12.8 Å². The van der Waals surface area contributed by atoms with E-state index in [1.807, 2.05) is 18.3 Å². The largest absolute Gasteiger partial charge is 0.370 e. The van der Waals surface area contributed by atoms with Crippen LogP contribution in [0.2, 0.25) is 0 Å². The molecule has 3 aliphatic rings. The summed E-state index contributed by atoms with van der Waals surface area (Å²) in [6, 6.07) is 7.12. The summed E-state index contributed by atoms with van der Waals surface area (Å²) in [7, 11) is 0. The molecule has 3 N–H and O–H groups in total. The van der Waals surface area contributed by atoms with Gasteiger partial charge >= 0.3 is 0 Å². The average Bonchev–Trinajstić information content (AvgIpc) is 3.39. The van der Waals surface area contributed by atoms with E-state index in [2.05, 4.69) is 31.8 Å². The summed E-state index contributed by atoms with van der Waals surface area (Å²) in [4.78, 5) is 12.2. The zero-order chi connectivity index (χ0) is 17.8. The number of nitrogens with one attached hydrogen (secondary N) is 3. The number of anilines is 3. The maximum atomic E-state index is 5.67. The molecule has 5 heterocycles. The molecular formula is C19H21N7O. The number of fused-ring (bicyclic) bond motifs is 4. The maximum Gasteiger partial charge on any atom is 0.228 e. The summed E-state index contributed by atoms with van der Waals surface area (Å²) in [5, 5.41) is 15.2. The number of aromatic amines is 1. The lowest BCUT2D eigenvalue weighted by Gasteiger charge is -2.35. The van der Waals surface area contributed by atoms with Crippen LogP contribution < -0.4 is 15.5 Å². The number of benzene rings is 1. The van der Waals surface area contributed by atoms with Gasteiger partial charge < -0.3 is 20.3 Å². The average molecular weight is 363 g/mol. The Bertz CT molecular complexity index is 1000. The standard InChI is InChI=1S/C19H21N7O/c1-4-16-11(6-21-25-16)5-12(1)22-18-15-9-27-10-17(15)23-19(24-18)26-13-2-3-14(26)8-20-7-13/h1,4-6,13-14,20H,2-3,7-10H2,(H,21,25)(H,22,23,24). The molecule has 0 spiro atoms. The van der Waals surface area contributed by atoms with E-state index in [4.69, 9.17) is 14.7 Å². The Balaban J connectivity index is 1.40. The first-order chi connectivity index (χ1) is 13.3. The molecule has 0 aliphatic carbocycles. The molecule has 3 aliphatic heterocycles. The summed E-state index contributed by atoms with van der Waals surface area (Å²) < 4.78 is 5.67.